The second-order valence-corrected chi connectivity index (χ2v) is 7.67. The van der Waals surface area contributed by atoms with Crippen LogP contribution in [0.5, 0.6) is 0 Å². The topological polar surface area (TPSA) is 51.2 Å². The highest BCUT2D eigenvalue weighted by Gasteiger charge is 2.30. The van der Waals surface area contributed by atoms with Crippen LogP contribution < -0.4 is 5.32 Å². The van der Waals surface area contributed by atoms with E-state index in [0.29, 0.717) is 0 Å². The zero-order valence-corrected chi connectivity index (χ0v) is 20.4. The Morgan fingerprint density at radius 3 is 2.57 bits per heavy atom. The number of aliphatic imine (C=N–C) groups is 1. The average molecular weight is 522 g/mol. The van der Waals surface area contributed by atoms with Gasteiger partial charge in [0.05, 0.1) is 6.04 Å². The Kier molecular flexibility index (Phi) is 11.1. The van der Waals surface area contributed by atoms with Crippen LogP contribution in [0, 0.1) is 0 Å². The van der Waals surface area contributed by atoms with Crippen LogP contribution in [0.1, 0.15) is 24.8 Å². The van der Waals surface area contributed by atoms with Gasteiger partial charge in [-0.2, -0.15) is 0 Å². The van der Waals surface area contributed by atoms with Crippen molar-refractivity contribution < 1.29 is 4.79 Å². The number of nitrogens with zero attached hydrogens (tertiary/aromatic N) is 4. The molecule has 1 saturated heterocycles. The van der Waals surface area contributed by atoms with Crippen LogP contribution in [-0.4, -0.2) is 80.4 Å². The summed E-state index contributed by atoms with van der Waals surface area (Å²) < 4.78 is 0. The molecule has 1 aromatic carbocycles. The molecule has 1 N–H and O–H groups in total. The first kappa shape index (κ1) is 25.0. The molecule has 2 rings (SSSR count). The summed E-state index contributed by atoms with van der Waals surface area (Å²) in [5.74, 6) is 1.09. The second-order valence-electron chi connectivity index (χ2n) is 7.24. The minimum Gasteiger partial charge on any atom is -0.356 e. The molecule has 1 aromatic rings. The van der Waals surface area contributed by atoms with Crippen molar-refractivity contribution in [3.63, 3.8) is 0 Å². The molecule has 158 valence electrons. The average Bonchev–Trinajstić information content (AvgIpc) is 3.11. The standard InChI is InChI=1S/C20H32ClN5O.HI/c1-22-20(25(4)15-16-8-10-17(21)11-9-16)23-12-6-14-26-13-5-7-18(26)19(27)24(2)3;/h8-11,18H,5-7,12-15H2,1-4H3,(H,22,23);1H. The van der Waals surface area contributed by atoms with E-state index in [1.54, 1.807) is 11.9 Å². The van der Waals surface area contributed by atoms with Crippen molar-refractivity contribution in [1.29, 1.82) is 0 Å². The number of hydrogen-bond donors (Lipinski definition) is 1. The van der Waals surface area contributed by atoms with E-state index in [-0.39, 0.29) is 35.9 Å². The molecule has 28 heavy (non-hydrogen) atoms. The first-order valence-corrected chi connectivity index (χ1v) is 9.91. The number of likely N-dealkylation sites (tertiary alicyclic amines) is 1. The van der Waals surface area contributed by atoms with E-state index in [0.717, 1.165) is 56.4 Å². The highest BCUT2D eigenvalue weighted by atomic mass is 127. The van der Waals surface area contributed by atoms with Gasteiger partial charge in [0.1, 0.15) is 0 Å². The van der Waals surface area contributed by atoms with Gasteiger partial charge in [0, 0.05) is 52.8 Å². The van der Waals surface area contributed by atoms with Crippen molar-refractivity contribution in [2.45, 2.75) is 31.8 Å². The van der Waals surface area contributed by atoms with Crippen LogP contribution in [0.2, 0.25) is 5.02 Å². The van der Waals surface area contributed by atoms with Crippen molar-refractivity contribution >= 4 is 47.4 Å². The number of benzene rings is 1. The Balaban J connectivity index is 0.00000392. The molecule has 1 aliphatic rings. The fourth-order valence-corrected chi connectivity index (χ4v) is 3.60. The third kappa shape index (κ3) is 7.40. The zero-order chi connectivity index (χ0) is 19.8. The van der Waals surface area contributed by atoms with Crippen molar-refractivity contribution in [3.8, 4) is 0 Å². The maximum atomic E-state index is 12.3. The van der Waals surface area contributed by atoms with E-state index in [9.17, 15) is 4.79 Å². The van der Waals surface area contributed by atoms with Gasteiger partial charge in [-0.05, 0) is 43.5 Å². The predicted molar refractivity (Wildman–Crippen MR) is 128 cm³/mol. The largest absolute Gasteiger partial charge is 0.356 e. The molecule has 0 spiro atoms. The van der Waals surface area contributed by atoms with E-state index >= 15 is 0 Å². The maximum Gasteiger partial charge on any atom is 0.239 e. The number of guanidine groups is 1. The van der Waals surface area contributed by atoms with E-state index in [1.165, 1.54) is 5.56 Å². The van der Waals surface area contributed by atoms with E-state index in [4.69, 9.17) is 11.6 Å². The Morgan fingerprint density at radius 1 is 1.29 bits per heavy atom. The molecule has 0 aromatic heterocycles. The Hall–Kier alpha value is -1.06. The molecular formula is C20H33ClIN5O. The first-order chi connectivity index (χ1) is 12.9. The van der Waals surface area contributed by atoms with Gasteiger partial charge >= 0.3 is 0 Å². The van der Waals surface area contributed by atoms with Crippen LogP contribution in [0.15, 0.2) is 29.3 Å². The third-order valence-corrected chi connectivity index (χ3v) is 5.15. The molecule has 1 atom stereocenters. The van der Waals surface area contributed by atoms with Gasteiger partial charge < -0.3 is 15.1 Å². The lowest BCUT2D eigenvalue weighted by atomic mass is 10.2. The van der Waals surface area contributed by atoms with E-state index in [2.05, 4.69) is 20.1 Å². The van der Waals surface area contributed by atoms with Crippen molar-refractivity contribution in [3.05, 3.63) is 34.9 Å². The lowest BCUT2D eigenvalue weighted by Crippen LogP contribution is -2.44. The first-order valence-electron chi connectivity index (χ1n) is 9.54. The summed E-state index contributed by atoms with van der Waals surface area (Å²) in [5.41, 5.74) is 1.19. The van der Waals surface area contributed by atoms with Crippen molar-refractivity contribution in [2.75, 3.05) is 47.8 Å². The summed E-state index contributed by atoms with van der Waals surface area (Å²) in [6, 6.07) is 7.92. The highest BCUT2D eigenvalue weighted by molar-refractivity contribution is 14.0. The van der Waals surface area contributed by atoms with Crippen LogP contribution in [0.25, 0.3) is 0 Å². The SMILES string of the molecule is CN=C(NCCCN1CCCC1C(=O)N(C)C)N(C)Cc1ccc(Cl)cc1.I. The summed E-state index contributed by atoms with van der Waals surface area (Å²) in [5, 5.41) is 4.17. The molecule has 0 aliphatic carbocycles. The van der Waals surface area contributed by atoms with Crippen molar-refractivity contribution in [2.24, 2.45) is 4.99 Å². The van der Waals surface area contributed by atoms with Crippen molar-refractivity contribution in [1.82, 2.24) is 20.0 Å². The Labute approximate surface area is 191 Å². The van der Waals surface area contributed by atoms with Crippen LogP contribution in [0.4, 0.5) is 0 Å². The fraction of sp³-hybridized carbons (Fsp3) is 0.600. The monoisotopic (exact) mass is 521 g/mol. The number of carbonyl (C=O) groups excluding carboxylic acids is 1. The number of nitrogens with one attached hydrogen (secondary N) is 1. The highest BCUT2D eigenvalue weighted by Crippen LogP contribution is 2.18. The Bertz CT molecular complexity index is 638. The van der Waals surface area contributed by atoms with Gasteiger partial charge in [-0.25, -0.2) is 0 Å². The predicted octanol–water partition coefficient (Wildman–Crippen LogP) is 2.91. The number of hydrogen-bond acceptors (Lipinski definition) is 3. The summed E-state index contributed by atoms with van der Waals surface area (Å²) in [6.07, 6.45) is 3.05. The van der Waals surface area contributed by atoms with Crippen LogP contribution >= 0.6 is 35.6 Å². The van der Waals surface area contributed by atoms with Gasteiger partial charge in [-0.1, -0.05) is 23.7 Å². The van der Waals surface area contributed by atoms with Gasteiger partial charge in [0.2, 0.25) is 5.91 Å². The van der Waals surface area contributed by atoms with E-state index < -0.39 is 0 Å². The van der Waals surface area contributed by atoms with Gasteiger partial charge in [0.25, 0.3) is 0 Å². The number of amides is 1. The molecule has 0 radical (unpaired) electrons. The molecule has 1 unspecified atom stereocenters. The minimum absolute atomic E-state index is 0. The Morgan fingerprint density at radius 2 is 1.96 bits per heavy atom. The quantitative estimate of drug-likeness (QED) is 0.259. The fourth-order valence-electron chi connectivity index (χ4n) is 3.48. The molecule has 1 heterocycles. The van der Waals surface area contributed by atoms with Gasteiger partial charge in [-0.3, -0.25) is 14.7 Å². The summed E-state index contributed by atoms with van der Waals surface area (Å²) >= 11 is 5.95. The smallest absolute Gasteiger partial charge is 0.239 e. The molecule has 1 amide bonds. The van der Waals surface area contributed by atoms with Crippen LogP contribution in [0.3, 0.4) is 0 Å². The molecule has 1 aliphatic heterocycles. The summed E-state index contributed by atoms with van der Waals surface area (Å²) in [4.78, 5) is 22.7. The van der Waals surface area contributed by atoms with Gasteiger partial charge in [0.15, 0.2) is 5.96 Å². The molecule has 6 nitrogen and oxygen atoms in total. The maximum absolute atomic E-state index is 12.3. The summed E-state index contributed by atoms with van der Waals surface area (Å²) in [6.45, 7) is 3.53. The van der Waals surface area contributed by atoms with Gasteiger partial charge in [-0.15, -0.1) is 24.0 Å². The lowest BCUT2D eigenvalue weighted by Gasteiger charge is -2.26. The molecular weight excluding hydrogens is 489 g/mol. The summed E-state index contributed by atoms with van der Waals surface area (Å²) in [7, 11) is 7.49. The van der Waals surface area contributed by atoms with Crippen LogP contribution in [-0.2, 0) is 11.3 Å². The number of halogens is 2. The lowest BCUT2D eigenvalue weighted by molar-refractivity contribution is -0.133. The van der Waals surface area contributed by atoms with E-state index in [1.807, 2.05) is 45.4 Å². The number of likely N-dealkylation sites (N-methyl/N-ethyl adjacent to an activating group) is 1. The number of carbonyl (C=O) groups is 1. The molecule has 1 fully saturated rings. The second kappa shape index (κ2) is 12.5. The molecule has 0 saturated carbocycles. The minimum atomic E-state index is 0. The molecule has 8 heteroatoms. The normalized spacial score (nSPS) is 17.2. The molecule has 0 bridgehead atoms. The number of rotatable bonds is 7. The zero-order valence-electron chi connectivity index (χ0n) is 17.3. The third-order valence-electron chi connectivity index (χ3n) is 4.90.